The van der Waals surface area contributed by atoms with Gasteiger partial charge in [0.2, 0.25) is 5.79 Å². The number of carbonyl (C=O) groups excluding carboxylic acids is 1. The van der Waals surface area contributed by atoms with Crippen molar-refractivity contribution in [2.75, 3.05) is 5.32 Å². The van der Waals surface area contributed by atoms with Gasteiger partial charge in [-0.15, -0.1) is 0 Å². The first kappa shape index (κ1) is 16.5. The summed E-state index contributed by atoms with van der Waals surface area (Å²) in [5, 5.41) is 2.40. The van der Waals surface area contributed by atoms with Crippen LogP contribution in [0.15, 0.2) is 30.3 Å². The van der Waals surface area contributed by atoms with Crippen molar-refractivity contribution in [2.24, 2.45) is 0 Å². The molecule has 0 fully saturated rings. The zero-order valence-electron chi connectivity index (χ0n) is 13.0. The number of nitrogens with one attached hydrogen (secondary N) is 1. The molecule has 126 valence electrons. The van der Waals surface area contributed by atoms with E-state index in [2.05, 4.69) is 5.32 Å². The molecule has 0 aromatic heterocycles. The van der Waals surface area contributed by atoms with E-state index in [1.165, 1.54) is 0 Å². The first-order valence-electron chi connectivity index (χ1n) is 7.29. The van der Waals surface area contributed by atoms with E-state index >= 15 is 0 Å². The molecule has 2 aromatic carbocycles. The smallest absolute Gasteiger partial charge is 0.257 e. The number of hydrogen-bond acceptors (Lipinski definition) is 3. The number of hydrogen-bond donors (Lipinski definition) is 1. The Kier molecular flexibility index (Phi) is 4.09. The van der Waals surface area contributed by atoms with Crippen molar-refractivity contribution in [2.45, 2.75) is 26.1 Å². The van der Waals surface area contributed by atoms with Crippen LogP contribution in [0, 0.1) is 11.6 Å². The van der Waals surface area contributed by atoms with Crippen molar-refractivity contribution in [1.82, 2.24) is 0 Å². The van der Waals surface area contributed by atoms with Gasteiger partial charge in [0, 0.05) is 25.1 Å². The van der Waals surface area contributed by atoms with Crippen LogP contribution in [0.2, 0.25) is 5.02 Å². The lowest BCUT2D eigenvalue weighted by atomic mass is 10.2. The number of ether oxygens (including phenoxy) is 2. The first-order chi connectivity index (χ1) is 11.3. The molecule has 0 unspecified atom stereocenters. The molecule has 24 heavy (non-hydrogen) atoms. The average molecular weight is 354 g/mol. The highest BCUT2D eigenvalue weighted by Crippen LogP contribution is 2.42. The van der Waals surface area contributed by atoms with Gasteiger partial charge in [0.05, 0.1) is 10.6 Å². The molecule has 0 spiro atoms. The van der Waals surface area contributed by atoms with Crippen molar-refractivity contribution in [3.63, 3.8) is 0 Å². The SMILES string of the molecule is CC[C@@]1(C)Oc2ccc(NC(=O)c3cc(F)c(F)cc3Cl)cc2O1. The molecule has 1 aliphatic rings. The molecule has 1 amide bonds. The second-order valence-corrected chi connectivity index (χ2v) is 5.96. The van der Waals surface area contributed by atoms with Gasteiger partial charge in [-0.1, -0.05) is 18.5 Å². The van der Waals surface area contributed by atoms with E-state index in [1.54, 1.807) is 18.2 Å². The summed E-state index contributed by atoms with van der Waals surface area (Å²) >= 11 is 5.80. The molecule has 1 atom stereocenters. The lowest BCUT2D eigenvalue weighted by Gasteiger charge is -2.20. The summed E-state index contributed by atoms with van der Waals surface area (Å²) in [5.74, 6) is -2.59. The van der Waals surface area contributed by atoms with Gasteiger partial charge in [0.25, 0.3) is 5.91 Å². The monoisotopic (exact) mass is 353 g/mol. The number of benzene rings is 2. The summed E-state index contributed by atoms with van der Waals surface area (Å²) in [6, 6.07) is 6.40. The predicted octanol–water partition coefficient (Wildman–Crippen LogP) is 4.77. The Morgan fingerprint density at radius 1 is 1.17 bits per heavy atom. The maximum Gasteiger partial charge on any atom is 0.257 e. The highest BCUT2D eigenvalue weighted by Gasteiger charge is 2.35. The third-order valence-corrected chi connectivity index (χ3v) is 4.06. The van der Waals surface area contributed by atoms with Gasteiger partial charge >= 0.3 is 0 Å². The largest absolute Gasteiger partial charge is 0.449 e. The van der Waals surface area contributed by atoms with Gasteiger partial charge in [-0.25, -0.2) is 8.78 Å². The van der Waals surface area contributed by atoms with Crippen LogP contribution in [0.5, 0.6) is 11.5 Å². The van der Waals surface area contributed by atoms with Crippen molar-refractivity contribution < 1.29 is 23.0 Å². The molecule has 0 radical (unpaired) electrons. The molecular formula is C17H14ClF2NO3. The van der Waals surface area contributed by atoms with E-state index < -0.39 is 23.3 Å². The van der Waals surface area contributed by atoms with Gasteiger partial charge in [-0.2, -0.15) is 0 Å². The molecule has 4 nitrogen and oxygen atoms in total. The summed E-state index contributed by atoms with van der Waals surface area (Å²) < 4.78 is 37.8. The Morgan fingerprint density at radius 3 is 2.54 bits per heavy atom. The minimum atomic E-state index is -1.14. The number of carbonyl (C=O) groups is 1. The summed E-state index contributed by atoms with van der Waals surface area (Å²) in [6.45, 7) is 3.74. The number of anilines is 1. The zero-order chi connectivity index (χ0) is 17.5. The minimum absolute atomic E-state index is 0.161. The van der Waals surface area contributed by atoms with Gasteiger partial charge < -0.3 is 14.8 Å². The molecular weight excluding hydrogens is 340 g/mol. The lowest BCUT2D eigenvalue weighted by Crippen LogP contribution is -2.33. The van der Waals surface area contributed by atoms with Crippen LogP contribution in [0.3, 0.4) is 0 Å². The normalized spacial score (nSPS) is 18.5. The Bertz CT molecular complexity index is 828. The maximum absolute atomic E-state index is 13.3. The molecule has 7 heteroatoms. The number of fused-ring (bicyclic) bond motifs is 1. The Hall–Kier alpha value is -2.34. The molecule has 3 rings (SSSR count). The Labute approximate surface area is 142 Å². The Balaban J connectivity index is 1.82. The van der Waals surface area contributed by atoms with E-state index in [4.69, 9.17) is 21.1 Å². The van der Waals surface area contributed by atoms with Gasteiger partial charge in [-0.3, -0.25) is 4.79 Å². The first-order valence-corrected chi connectivity index (χ1v) is 7.67. The predicted molar refractivity (Wildman–Crippen MR) is 85.7 cm³/mol. The molecule has 0 saturated carbocycles. The molecule has 0 bridgehead atoms. The van der Waals surface area contributed by atoms with Gasteiger partial charge in [0.1, 0.15) is 0 Å². The topological polar surface area (TPSA) is 47.6 Å². The van der Waals surface area contributed by atoms with Crippen LogP contribution in [-0.4, -0.2) is 11.7 Å². The van der Waals surface area contributed by atoms with Crippen molar-refractivity contribution >= 4 is 23.2 Å². The molecule has 0 saturated heterocycles. The van der Waals surface area contributed by atoms with Crippen molar-refractivity contribution in [3.05, 3.63) is 52.6 Å². The fourth-order valence-corrected chi connectivity index (χ4v) is 2.51. The fourth-order valence-electron chi connectivity index (χ4n) is 2.28. The second kappa shape index (κ2) is 5.94. The number of rotatable bonds is 3. The molecule has 1 aliphatic heterocycles. The van der Waals surface area contributed by atoms with Crippen LogP contribution >= 0.6 is 11.6 Å². The van der Waals surface area contributed by atoms with E-state index in [0.717, 1.165) is 12.1 Å². The molecule has 1 heterocycles. The third kappa shape index (κ3) is 3.01. The minimum Gasteiger partial charge on any atom is -0.449 e. The third-order valence-electron chi connectivity index (χ3n) is 3.75. The number of amides is 1. The Morgan fingerprint density at radius 2 is 1.83 bits per heavy atom. The van der Waals surface area contributed by atoms with E-state index in [9.17, 15) is 13.6 Å². The van der Waals surface area contributed by atoms with Crippen LogP contribution in [-0.2, 0) is 0 Å². The van der Waals surface area contributed by atoms with Crippen molar-refractivity contribution in [1.29, 1.82) is 0 Å². The van der Waals surface area contributed by atoms with Crippen LogP contribution in [0.1, 0.15) is 30.6 Å². The van der Waals surface area contributed by atoms with Crippen molar-refractivity contribution in [3.8, 4) is 11.5 Å². The fraction of sp³-hybridized carbons (Fsp3) is 0.235. The highest BCUT2D eigenvalue weighted by atomic mass is 35.5. The summed E-state index contributed by atoms with van der Waals surface area (Å²) in [5.41, 5.74) is 0.259. The van der Waals surface area contributed by atoms with E-state index in [1.807, 2.05) is 13.8 Å². The molecule has 2 aromatic rings. The van der Waals surface area contributed by atoms with Gasteiger partial charge in [0.15, 0.2) is 23.1 Å². The zero-order valence-corrected chi connectivity index (χ0v) is 13.7. The lowest BCUT2D eigenvalue weighted by molar-refractivity contribution is -0.0640. The highest BCUT2D eigenvalue weighted by molar-refractivity contribution is 6.34. The summed E-state index contributed by atoms with van der Waals surface area (Å²) in [4.78, 5) is 12.2. The van der Waals surface area contributed by atoms with E-state index in [-0.39, 0.29) is 10.6 Å². The van der Waals surface area contributed by atoms with Gasteiger partial charge in [-0.05, 0) is 24.3 Å². The molecule has 1 N–H and O–H groups in total. The summed E-state index contributed by atoms with van der Waals surface area (Å²) in [6.07, 6.45) is 0.647. The summed E-state index contributed by atoms with van der Waals surface area (Å²) in [7, 11) is 0. The quantitative estimate of drug-likeness (QED) is 0.809. The van der Waals surface area contributed by atoms with E-state index in [0.29, 0.717) is 23.6 Å². The standard InChI is InChI=1S/C17H14ClF2NO3/c1-3-17(2)23-14-5-4-9(6-15(14)24-17)21-16(22)10-7-12(19)13(20)8-11(10)18/h4-8H,3H2,1-2H3,(H,21,22)/t17-/m0/s1. The van der Waals surface area contributed by atoms with Crippen LogP contribution < -0.4 is 14.8 Å². The maximum atomic E-state index is 13.3. The molecule has 0 aliphatic carbocycles. The second-order valence-electron chi connectivity index (χ2n) is 5.55. The van der Waals surface area contributed by atoms with Crippen LogP contribution in [0.4, 0.5) is 14.5 Å². The number of halogens is 3. The average Bonchev–Trinajstić information content (AvgIpc) is 2.87. The van der Waals surface area contributed by atoms with Crippen LogP contribution in [0.25, 0.3) is 0 Å².